The van der Waals surface area contributed by atoms with Crippen LogP contribution in [-0.4, -0.2) is 18.5 Å². The SMILES string of the molecule is O=S(=O)([O-])C(F)(F)F.c1ccc([S+](c2ccccc2)c2ccc(SCc3c4ccccc4cc4ccccc34)cc2)cc1. The predicted molar refractivity (Wildman–Crippen MR) is 168 cm³/mol. The van der Waals surface area contributed by atoms with Gasteiger partial charge in [-0.2, -0.15) is 13.2 Å². The molecule has 218 valence electrons. The molecule has 0 aromatic heterocycles. The molecule has 3 nitrogen and oxygen atoms in total. The van der Waals surface area contributed by atoms with E-state index in [4.69, 9.17) is 13.0 Å². The van der Waals surface area contributed by atoms with Gasteiger partial charge in [0, 0.05) is 10.6 Å². The zero-order valence-corrected chi connectivity index (χ0v) is 25.0. The Morgan fingerprint density at radius 1 is 0.605 bits per heavy atom. The minimum atomic E-state index is -6.09. The average molecular weight is 635 g/mol. The number of alkyl halides is 3. The van der Waals surface area contributed by atoms with E-state index in [1.54, 1.807) is 0 Å². The van der Waals surface area contributed by atoms with Crippen LogP contribution in [0.3, 0.4) is 0 Å². The Balaban J connectivity index is 0.000000407. The van der Waals surface area contributed by atoms with Crippen molar-refractivity contribution in [3.63, 3.8) is 0 Å². The van der Waals surface area contributed by atoms with E-state index in [-0.39, 0.29) is 10.9 Å². The largest absolute Gasteiger partial charge is 0.741 e. The molecular weight excluding hydrogens is 610 g/mol. The Morgan fingerprint density at radius 3 is 1.44 bits per heavy atom. The second kappa shape index (κ2) is 13.3. The topological polar surface area (TPSA) is 57.2 Å². The number of hydrogen-bond acceptors (Lipinski definition) is 4. The average Bonchev–Trinajstić information content (AvgIpc) is 3.00. The van der Waals surface area contributed by atoms with Crippen LogP contribution in [-0.2, 0) is 26.8 Å². The lowest BCUT2D eigenvalue weighted by Gasteiger charge is -2.12. The first-order chi connectivity index (χ1) is 20.6. The van der Waals surface area contributed by atoms with Gasteiger partial charge in [-0.3, -0.25) is 0 Å². The van der Waals surface area contributed by atoms with Crippen molar-refractivity contribution in [2.24, 2.45) is 0 Å². The fourth-order valence-corrected chi connectivity index (χ4v) is 7.65. The number of halogens is 3. The molecule has 0 heterocycles. The van der Waals surface area contributed by atoms with Crippen LogP contribution >= 0.6 is 11.8 Å². The van der Waals surface area contributed by atoms with Gasteiger partial charge in [0.15, 0.2) is 24.8 Å². The molecule has 6 aromatic carbocycles. The van der Waals surface area contributed by atoms with Gasteiger partial charge in [0.05, 0.1) is 10.9 Å². The van der Waals surface area contributed by atoms with E-state index in [0.717, 1.165) is 5.75 Å². The number of rotatable bonds is 6. The number of thioether (sulfide) groups is 1. The van der Waals surface area contributed by atoms with Crippen molar-refractivity contribution in [2.45, 2.75) is 30.8 Å². The van der Waals surface area contributed by atoms with E-state index >= 15 is 0 Å². The molecule has 0 aliphatic carbocycles. The van der Waals surface area contributed by atoms with Gasteiger partial charge < -0.3 is 4.55 Å². The van der Waals surface area contributed by atoms with Crippen LogP contribution in [0.1, 0.15) is 5.56 Å². The lowest BCUT2D eigenvalue weighted by Crippen LogP contribution is -2.21. The molecule has 0 saturated heterocycles. The van der Waals surface area contributed by atoms with Crippen LogP contribution in [0.4, 0.5) is 13.2 Å². The summed E-state index contributed by atoms with van der Waals surface area (Å²) in [5.74, 6) is 0.949. The van der Waals surface area contributed by atoms with Crippen LogP contribution in [0, 0.1) is 0 Å². The van der Waals surface area contributed by atoms with Crippen LogP contribution < -0.4 is 0 Å². The van der Waals surface area contributed by atoms with Crippen LogP contribution in [0.25, 0.3) is 21.5 Å². The number of hydrogen-bond donors (Lipinski definition) is 0. The molecule has 0 fully saturated rings. The lowest BCUT2D eigenvalue weighted by molar-refractivity contribution is -0.0517. The Morgan fingerprint density at radius 2 is 1.00 bits per heavy atom. The summed E-state index contributed by atoms with van der Waals surface area (Å²) in [5, 5.41) is 5.33. The first-order valence-electron chi connectivity index (χ1n) is 13.1. The number of benzene rings is 6. The summed E-state index contributed by atoms with van der Waals surface area (Å²) in [7, 11) is -6.20. The summed E-state index contributed by atoms with van der Waals surface area (Å²) in [5.41, 5.74) is -4.23. The Labute approximate surface area is 255 Å². The van der Waals surface area contributed by atoms with E-state index in [2.05, 4.69) is 140 Å². The first-order valence-corrected chi connectivity index (χ1v) is 16.7. The second-order valence-electron chi connectivity index (χ2n) is 9.39. The third kappa shape index (κ3) is 7.43. The van der Waals surface area contributed by atoms with Crippen molar-refractivity contribution < 1.29 is 26.1 Å². The molecule has 0 aliphatic rings. The minimum absolute atomic E-state index is 0.109. The van der Waals surface area contributed by atoms with Crippen LogP contribution in [0.5, 0.6) is 0 Å². The van der Waals surface area contributed by atoms with Gasteiger partial charge in [0.25, 0.3) is 0 Å². The first kappa shape index (κ1) is 30.7. The molecule has 0 aliphatic heterocycles. The molecule has 43 heavy (non-hydrogen) atoms. The predicted octanol–water partition coefficient (Wildman–Crippen LogP) is 9.43. The molecule has 0 bridgehead atoms. The van der Waals surface area contributed by atoms with Crippen molar-refractivity contribution in [1.29, 1.82) is 0 Å². The zero-order chi connectivity index (χ0) is 30.5. The molecule has 0 unspecified atom stereocenters. The monoisotopic (exact) mass is 634 g/mol. The second-order valence-corrected chi connectivity index (χ2v) is 13.8. The Hall–Kier alpha value is -3.76. The fraction of sp³-hybridized carbons (Fsp3) is 0.0588. The molecule has 0 amide bonds. The van der Waals surface area contributed by atoms with Crippen LogP contribution in [0.2, 0.25) is 0 Å². The zero-order valence-electron chi connectivity index (χ0n) is 22.6. The summed E-state index contributed by atoms with van der Waals surface area (Å²) in [6.07, 6.45) is 0. The maximum atomic E-state index is 10.7. The number of fused-ring (bicyclic) bond motifs is 2. The molecule has 9 heteroatoms. The Bertz CT molecular complexity index is 1840. The van der Waals surface area contributed by atoms with E-state index in [1.165, 1.54) is 46.7 Å². The smallest absolute Gasteiger partial charge is 0.485 e. The van der Waals surface area contributed by atoms with Crippen molar-refractivity contribution in [3.8, 4) is 0 Å². The highest BCUT2D eigenvalue weighted by atomic mass is 32.2. The normalized spacial score (nSPS) is 11.8. The summed E-state index contributed by atoms with van der Waals surface area (Å²) in [6.45, 7) is 0. The van der Waals surface area contributed by atoms with E-state index < -0.39 is 15.6 Å². The highest BCUT2D eigenvalue weighted by Gasteiger charge is 2.37. The molecule has 0 spiro atoms. The van der Waals surface area contributed by atoms with Gasteiger partial charge in [0.2, 0.25) is 0 Å². The maximum absolute atomic E-state index is 10.7. The molecule has 6 rings (SSSR count). The fourth-order valence-electron chi connectivity index (χ4n) is 4.61. The summed E-state index contributed by atoms with van der Waals surface area (Å²) >= 11 is 1.92. The molecule has 0 radical (unpaired) electrons. The van der Waals surface area contributed by atoms with Gasteiger partial charge in [-0.25, -0.2) is 8.42 Å². The highest BCUT2D eigenvalue weighted by Crippen LogP contribution is 2.35. The van der Waals surface area contributed by atoms with Gasteiger partial charge in [-0.15, -0.1) is 11.8 Å². The molecule has 0 saturated carbocycles. The van der Waals surface area contributed by atoms with E-state index in [1.807, 2.05) is 11.8 Å². The van der Waals surface area contributed by atoms with E-state index in [0.29, 0.717) is 0 Å². The molecule has 6 aromatic rings. The van der Waals surface area contributed by atoms with Crippen molar-refractivity contribution in [1.82, 2.24) is 0 Å². The van der Waals surface area contributed by atoms with Crippen molar-refractivity contribution in [3.05, 3.63) is 145 Å². The maximum Gasteiger partial charge on any atom is 0.485 e. The van der Waals surface area contributed by atoms with Crippen LogP contribution in [0.15, 0.2) is 159 Å². The summed E-state index contributed by atoms with van der Waals surface area (Å²) in [6, 6.07) is 50.7. The molecule has 0 N–H and O–H groups in total. The van der Waals surface area contributed by atoms with Gasteiger partial charge in [-0.1, -0.05) is 84.9 Å². The summed E-state index contributed by atoms with van der Waals surface area (Å²) in [4.78, 5) is 5.35. The highest BCUT2D eigenvalue weighted by molar-refractivity contribution is 7.98. The van der Waals surface area contributed by atoms with Gasteiger partial charge >= 0.3 is 5.51 Å². The molecule has 0 atom stereocenters. The minimum Gasteiger partial charge on any atom is -0.741 e. The quantitative estimate of drug-likeness (QED) is 0.0602. The van der Waals surface area contributed by atoms with Gasteiger partial charge in [-0.05, 0) is 81.7 Å². The van der Waals surface area contributed by atoms with E-state index in [9.17, 15) is 13.2 Å². The van der Waals surface area contributed by atoms with Crippen molar-refractivity contribution in [2.75, 3.05) is 0 Å². The Kier molecular flexibility index (Phi) is 9.46. The van der Waals surface area contributed by atoms with Crippen molar-refractivity contribution >= 4 is 54.3 Å². The third-order valence-corrected chi connectivity index (χ3v) is 10.4. The standard InChI is InChI=1S/C33H25S2.CHF3O3S/c1-3-13-28(14-4-1)35(29-15-5-2-6-16-29)30-21-19-27(20-22-30)34-24-33-31-17-9-7-11-25(31)23-26-12-8-10-18-32(26)33;2-1(3,4)8(5,6)7/h1-23H,24H2;(H,5,6,7)/q+1;/p-1. The lowest BCUT2D eigenvalue weighted by atomic mass is 9.98. The van der Waals surface area contributed by atoms with Gasteiger partial charge in [0.1, 0.15) is 0 Å². The third-order valence-electron chi connectivity index (χ3n) is 6.57. The molecular formula is C34H25F3O3S3. The summed E-state index contributed by atoms with van der Waals surface area (Å²) < 4.78 is 58.9.